The third-order valence-corrected chi connectivity index (χ3v) is 1.85. The van der Waals surface area contributed by atoms with Crippen LogP contribution in [0.2, 0.25) is 0 Å². The summed E-state index contributed by atoms with van der Waals surface area (Å²) in [5.74, 6) is 0.537. The first-order valence-corrected chi connectivity index (χ1v) is 3.68. The number of nitrogens with zero attached hydrogens (tertiary/aromatic N) is 1. The Kier molecular flexibility index (Phi) is 2.65. The van der Waals surface area contributed by atoms with Gasteiger partial charge in [0.2, 0.25) is 0 Å². The molecular formula is C7H16N2O. The van der Waals surface area contributed by atoms with Crippen LogP contribution >= 0.6 is 0 Å². The van der Waals surface area contributed by atoms with Crippen molar-refractivity contribution in [3.8, 4) is 0 Å². The summed E-state index contributed by atoms with van der Waals surface area (Å²) in [5.41, 5.74) is 5.78. The molecule has 60 valence electrons. The molecule has 1 saturated heterocycles. The number of ether oxygens (including phenoxy) is 1. The molecule has 2 unspecified atom stereocenters. The smallest absolute Gasteiger partial charge is 0.0621 e. The number of rotatable bonds is 2. The molecule has 0 aromatic heterocycles. The zero-order chi connectivity index (χ0) is 7.56. The summed E-state index contributed by atoms with van der Waals surface area (Å²) >= 11 is 0. The maximum absolute atomic E-state index is 5.78. The first-order chi connectivity index (χ1) is 4.70. The molecule has 1 aliphatic rings. The van der Waals surface area contributed by atoms with E-state index in [-0.39, 0.29) is 6.04 Å². The normalized spacial score (nSPS) is 33.6. The van der Waals surface area contributed by atoms with Crippen LogP contribution in [0, 0.1) is 5.92 Å². The van der Waals surface area contributed by atoms with Gasteiger partial charge in [-0.2, -0.15) is 0 Å². The van der Waals surface area contributed by atoms with E-state index < -0.39 is 0 Å². The number of hydrogen-bond acceptors (Lipinski definition) is 3. The monoisotopic (exact) mass is 144 g/mol. The summed E-state index contributed by atoms with van der Waals surface area (Å²) in [7, 11) is 4.12. The molecule has 0 spiro atoms. The second-order valence-electron chi connectivity index (χ2n) is 3.22. The van der Waals surface area contributed by atoms with Crippen molar-refractivity contribution in [3.63, 3.8) is 0 Å². The second-order valence-corrected chi connectivity index (χ2v) is 3.22. The van der Waals surface area contributed by atoms with Crippen molar-refractivity contribution in [1.29, 1.82) is 0 Å². The molecule has 1 rings (SSSR count). The van der Waals surface area contributed by atoms with Gasteiger partial charge >= 0.3 is 0 Å². The molecule has 1 heterocycles. The summed E-state index contributed by atoms with van der Waals surface area (Å²) < 4.78 is 5.22. The van der Waals surface area contributed by atoms with E-state index in [9.17, 15) is 0 Å². The van der Waals surface area contributed by atoms with Crippen LogP contribution in [0.3, 0.4) is 0 Å². The minimum atomic E-state index is 0.252. The summed E-state index contributed by atoms with van der Waals surface area (Å²) in [4.78, 5) is 2.15. The first-order valence-electron chi connectivity index (χ1n) is 3.68. The lowest BCUT2D eigenvalue weighted by Gasteiger charge is -2.17. The van der Waals surface area contributed by atoms with Crippen LogP contribution in [0.15, 0.2) is 0 Å². The zero-order valence-corrected chi connectivity index (χ0v) is 6.71. The van der Waals surface area contributed by atoms with Crippen molar-refractivity contribution >= 4 is 0 Å². The predicted molar refractivity (Wildman–Crippen MR) is 40.8 cm³/mol. The Balaban J connectivity index is 2.26. The molecule has 0 aliphatic carbocycles. The Morgan fingerprint density at radius 3 is 2.60 bits per heavy atom. The summed E-state index contributed by atoms with van der Waals surface area (Å²) in [6.07, 6.45) is 0. The molecule has 0 amide bonds. The van der Waals surface area contributed by atoms with Crippen LogP contribution in [0.5, 0.6) is 0 Å². The first kappa shape index (κ1) is 7.98. The highest BCUT2D eigenvalue weighted by Gasteiger charge is 2.24. The van der Waals surface area contributed by atoms with Gasteiger partial charge in [-0.05, 0) is 14.1 Å². The second kappa shape index (κ2) is 3.32. The Labute approximate surface area is 62.1 Å². The molecule has 3 heteroatoms. The molecule has 2 N–H and O–H groups in total. The minimum Gasteiger partial charge on any atom is -0.379 e. The maximum Gasteiger partial charge on any atom is 0.0621 e. The van der Waals surface area contributed by atoms with Crippen molar-refractivity contribution in [2.24, 2.45) is 11.7 Å². The topological polar surface area (TPSA) is 38.5 Å². The molecule has 1 aliphatic heterocycles. The molecule has 0 aromatic carbocycles. The maximum atomic E-state index is 5.78. The van der Waals surface area contributed by atoms with Gasteiger partial charge in [0.25, 0.3) is 0 Å². The lowest BCUT2D eigenvalue weighted by molar-refractivity contribution is 0.177. The van der Waals surface area contributed by atoms with E-state index in [0.29, 0.717) is 5.92 Å². The van der Waals surface area contributed by atoms with Gasteiger partial charge in [-0.25, -0.2) is 0 Å². The molecular weight excluding hydrogens is 128 g/mol. The molecule has 1 fully saturated rings. The fraction of sp³-hybridized carbons (Fsp3) is 1.00. The highest BCUT2D eigenvalue weighted by molar-refractivity contribution is 4.79. The van der Waals surface area contributed by atoms with Gasteiger partial charge in [-0.15, -0.1) is 0 Å². The minimum absolute atomic E-state index is 0.252. The van der Waals surface area contributed by atoms with E-state index in [1.807, 2.05) is 0 Å². The molecule has 0 aromatic rings. The Bertz CT molecular complexity index is 106. The van der Waals surface area contributed by atoms with Gasteiger partial charge in [0.05, 0.1) is 13.2 Å². The van der Waals surface area contributed by atoms with E-state index in [2.05, 4.69) is 19.0 Å². The van der Waals surface area contributed by atoms with Crippen LogP contribution in [0.1, 0.15) is 0 Å². The molecule has 2 atom stereocenters. The van der Waals surface area contributed by atoms with Gasteiger partial charge in [0, 0.05) is 18.5 Å². The van der Waals surface area contributed by atoms with E-state index in [1.165, 1.54) is 0 Å². The van der Waals surface area contributed by atoms with Crippen LogP contribution in [0.4, 0.5) is 0 Å². The van der Waals surface area contributed by atoms with Gasteiger partial charge in [0.1, 0.15) is 0 Å². The van der Waals surface area contributed by atoms with Gasteiger partial charge < -0.3 is 15.4 Å². The standard InChI is InChI=1S/C7H16N2O/c1-9(2)3-6-4-10-5-7(6)8/h6-7H,3-5,8H2,1-2H3. The fourth-order valence-corrected chi connectivity index (χ4v) is 1.27. The molecule has 10 heavy (non-hydrogen) atoms. The van der Waals surface area contributed by atoms with E-state index in [4.69, 9.17) is 10.5 Å². The predicted octanol–water partition coefficient (Wildman–Crippen LogP) is -0.478. The molecule has 0 radical (unpaired) electrons. The van der Waals surface area contributed by atoms with Crippen molar-refractivity contribution in [3.05, 3.63) is 0 Å². The third kappa shape index (κ3) is 1.94. The lowest BCUT2D eigenvalue weighted by Crippen LogP contribution is -2.35. The van der Waals surface area contributed by atoms with Gasteiger partial charge in [-0.3, -0.25) is 0 Å². The summed E-state index contributed by atoms with van der Waals surface area (Å²) in [5, 5.41) is 0. The Morgan fingerprint density at radius 1 is 1.50 bits per heavy atom. The van der Waals surface area contributed by atoms with Crippen molar-refractivity contribution in [2.45, 2.75) is 6.04 Å². The van der Waals surface area contributed by atoms with E-state index in [0.717, 1.165) is 19.8 Å². The van der Waals surface area contributed by atoms with Crippen LogP contribution < -0.4 is 5.73 Å². The molecule has 0 saturated carbocycles. The molecule has 3 nitrogen and oxygen atoms in total. The van der Waals surface area contributed by atoms with Crippen molar-refractivity contribution in [1.82, 2.24) is 4.90 Å². The Hall–Kier alpha value is -0.120. The third-order valence-electron chi connectivity index (χ3n) is 1.85. The Morgan fingerprint density at radius 2 is 2.20 bits per heavy atom. The highest BCUT2D eigenvalue weighted by atomic mass is 16.5. The SMILES string of the molecule is CN(C)CC1COCC1N. The zero-order valence-electron chi connectivity index (χ0n) is 6.71. The summed E-state index contributed by atoms with van der Waals surface area (Å²) in [6.45, 7) is 2.61. The van der Waals surface area contributed by atoms with Crippen molar-refractivity contribution < 1.29 is 4.74 Å². The summed E-state index contributed by atoms with van der Waals surface area (Å²) in [6, 6.07) is 0.252. The highest BCUT2D eigenvalue weighted by Crippen LogP contribution is 2.11. The van der Waals surface area contributed by atoms with Crippen molar-refractivity contribution in [2.75, 3.05) is 33.9 Å². The average molecular weight is 144 g/mol. The van der Waals surface area contributed by atoms with E-state index >= 15 is 0 Å². The van der Waals surface area contributed by atoms with Crippen LogP contribution in [-0.2, 0) is 4.74 Å². The van der Waals surface area contributed by atoms with Gasteiger partial charge in [0.15, 0.2) is 0 Å². The number of nitrogens with two attached hydrogens (primary N) is 1. The number of hydrogen-bond donors (Lipinski definition) is 1. The van der Waals surface area contributed by atoms with Crippen LogP contribution in [-0.4, -0.2) is 44.8 Å². The largest absolute Gasteiger partial charge is 0.379 e. The molecule has 0 bridgehead atoms. The van der Waals surface area contributed by atoms with E-state index in [1.54, 1.807) is 0 Å². The quantitative estimate of drug-likeness (QED) is 0.569. The fourth-order valence-electron chi connectivity index (χ4n) is 1.27. The van der Waals surface area contributed by atoms with Gasteiger partial charge in [-0.1, -0.05) is 0 Å². The lowest BCUT2D eigenvalue weighted by atomic mass is 10.1. The average Bonchev–Trinajstić information content (AvgIpc) is 2.15. The van der Waals surface area contributed by atoms with Crippen LogP contribution in [0.25, 0.3) is 0 Å².